The van der Waals surface area contributed by atoms with Gasteiger partial charge in [0, 0.05) is 13.1 Å². The fraction of sp³-hybridized carbons (Fsp3) is 0.889. The fourth-order valence-corrected chi connectivity index (χ4v) is 1.51. The van der Waals surface area contributed by atoms with Crippen molar-refractivity contribution in [1.29, 1.82) is 0 Å². The van der Waals surface area contributed by atoms with Crippen LogP contribution in [-0.2, 0) is 9.53 Å². The van der Waals surface area contributed by atoms with Gasteiger partial charge in [-0.1, -0.05) is 0 Å². The molecule has 1 amide bonds. The van der Waals surface area contributed by atoms with Crippen LogP contribution in [0.2, 0.25) is 0 Å². The molecule has 1 fully saturated rings. The van der Waals surface area contributed by atoms with Crippen molar-refractivity contribution >= 4 is 5.91 Å². The maximum atomic E-state index is 12.8. The zero-order chi connectivity index (χ0) is 13.5. The minimum atomic E-state index is -5.87. The molecule has 100 valence electrons. The second-order valence-electron chi connectivity index (χ2n) is 4.41. The molecule has 0 aromatic rings. The maximum Gasteiger partial charge on any atom is 0.463 e. The van der Waals surface area contributed by atoms with Crippen LogP contribution >= 0.6 is 0 Å². The van der Waals surface area contributed by atoms with E-state index in [-0.39, 0.29) is 19.7 Å². The molecule has 0 N–H and O–H groups in total. The van der Waals surface area contributed by atoms with Crippen molar-refractivity contribution in [3.8, 4) is 0 Å². The second kappa shape index (κ2) is 4.08. The average Bonchev–Trinajstić information content (AvgIpc) is 2.13. The SMILES string of the molecule is CC1(C)CN(C(=O)C(F)(F)C(F)(F)F)CCO1. The van der Waals surface area contributed by atoms with E-state index in [0.29, 0.717) is 4.90 Å². The first kappa shape index (κ1) is 14.1. The van der Waals surface area contributed by atoms with Crippen LogP contribution in [0.15, 0.2) is 0 Å². The lowest BCUT2D eigenvalue weighted by atomic mass is 10.1. The van der Waals surface area contributed by atoms with Gasteiger partial charge in [-0.15, -0.1) is 0 Å². The van der Waals surface area contributed by atoms with Gasteiger partial charge in [0.15, 0.2) is 0 Å². The van der Waals surface area contributed by atoms with Crippen molar-refractivity contribution in [3.63, 3.8) is 0 Å². The molecule has 1 heterocycles. The van der Waals surface area contributed by atoms with E-state index in [0.717, 1.165) is 0 Å². The lowest BCUT2D eigenvalue weighted by Crippen LogP contribution is -2.58. The summed E-state index contributed by atoms with van der Waals surface area (Å²) in [7, 11) is 0. The Kier molecular flexibility index (Phi) is 3.39. The molecule has 0 aromatic carbocycles. The largest absolute Gasteiger partial charge is 0.463 e. The van der Waals surface area contributed by atoms with Gasteiger partial charge in [0.25, 0.3) is 0 Å². The Morgan fingerprint density at radius 3 is 2.18 bits per heavy atom. The molecule has 0 aliphatic carbocycles. The van der Waals surface area contributed by atoms with Gasteiger partial charge in [0.1, 0.15) is 0 Å². The Morgan fingerprint density at radius 1 is 1.24 bits per heavy atom. The fourth-order valence-electron chi connectivity index (χ4n) is 1.51. The van der Waals surface area contributed by atoms with E-state index >= 15 is 0 Å². The Hall–Kier alpha value is -0.920. The summed E-state index contributed by atoms with van der Waals surface area (Å²) in [6.07, 6.45) is -5.87. The minimum Gasteiger partial charge on any atom is -0.372 e. The summed E-state index contributed by atoms with van der Waals surface area (Å²) in [5, 5.41) is 0. The number of rotatable bonds is 1. The van der Waals surface area contributed by atoms with E-state index < -0.39 is 23.6 Å². The zero-order valence-electron chi connectivity index (χ0n) is 9.27. The highest BCUT2D eigenvalue weighted by Crippen LogP contribution is 2.37. The number of nitrogens with zero attached hydrogens (tertiary/aromatic N) is 1. The smallest absolute Gasteiger partial charge is 0.372 e. The molecule has 0 radical (unpaired) electrons. The van der Waals surface area contributed by atoms with Crippen molar-refractivity contribution in [2.24, 2.45) is 0 Å². The Labute approximate surface area is 94.5 Å². The van der Waals surface area contributed by atoms with Crippen LogP contribution in [0.1, 0.15) is 13.8 Å². The van der Waals surface area contributed by atoms with Crippen molar-refractivity contribution in [3.05, 3.63) is 0 Å². The van der Waals surface area contributed by atoms with E-state index in [1.54, 1.807) is 0 Å². The number of alkyl halides is 5. The first-order valence-electron chi connectivity index (χ1n) is 4.85. The Bertz CT molecular complexity index is 313. The highest BCUT2D eigenvalue weighted by atomic mass is 19.4. The highest BCUT2D eigenvalue weighted by Gasteiger charge is 2.65. The van der Waals surface area contributed by atoms with Crippen LogP contribution in [0.4, 0.5) is 22.0 Å². The number of hydrogen-bond acceptors (Lipinski definition) is 2. The van der Waals surface area contributed by atoms with Crippen LogP contribution in [0.5, 0.6) is 0 Å². The van der Waals surface area contributed by atoms with Gasteiger partial charge >= 0.3 is 18.0 Å². The van der Waals surface area contributed by atoms with Gasteiger partial charge in [-0.25, -0.2) is 0 Å². The predicted octanol–water partition coefficient (Wildman–Crippen LogP) is 1.82. The summed E-state index contributed by atoms with van der Waals surface area (Å²) in [5.74, 6) is -7.57. The number of carbonyl (C=O) groups is 1. The molecule has 0 unspecified atom stereocenters. The molecule has 0 bridgehead atoms. The lowest BCUT2D eigenvalue weighted by Gasteiger charge is -2.39. The minimum absolute atomic E-state index is 0.0628. The summed E-state index contributed by atoms with van der Waals surface area (Å²) in [6.45, 7) is 2.40. The van der Waals surface area contributed by atoms with E-state index in [1.807, 2.05) is 0 Å². The predicted molar refractivity (Wildman–Crippen MR) is 47.6 cm³/mol. The van der Waals surface area contributed by atoms with Crippen LogP contribution in [0.3, 0.4) is 0 Å². The van der Waals surface area contributed by atoms with Gasteiger partial charge in [0.2, 0.25) is 0 Å². The van der Waals surface area contributed by atoms with Crippen LogP contribution in [0.25, 0.3) is 0 Å². The van der Waals surface area contributed by atoms with E-state index in [4.69, 9.17) is 4.74 Å². The molecule has 1 rings (SSSR count). The summed E-state index contributed by atoms with van der Waals surface area (Å²) in [5.41, 5.74) is -0.921. The van der Waals surface area contributed by atoms with Crippen molar-refractivity contribution in [2.45, 2.75) is 31.5 Å². The second-order valence-corrected chi connectivity index (χ2v) is 4.41. The van der Waals surface area contributed by atoms with Crippen molar-refractivity contribution < 1.29 is 31.5 Å². The van der Waals surface area contributed by atoms with E-state index in [1.165, 1.54) is 13.8 Å². The standard InChI is InChI=1S/C9H12F5NO2/c1-7(2)5-15(3-4-17-7)6(16)8(10,11)9(12,13)14/h3-5H2,1-2H3. The van der Waals surface area contributed by atoms with Gasteiger partial charge in [-0.2, -0.15) is 22.0 Å². The molecule has 0 atom stereocenters. The Morgan fingerprint density at radius 2 is 1.76 bits per heavy atom. The monoisotopic (exact) mass is 261 g/mol. The molecule has 3 nitrogen and oxygen atoms in total. The van der Waals surface area contributed by atoms with Gasteiger partial charge < -0.3 is 9.64 Å². The van der Waals surface area contributed by atoms with Gasteiger partial charge in [0.05, 0.1) is 12.2 Å². The van der Waals surface area contributed by atoms with Crippen molar-refractivity contribution in [1.82, 2.24) is 4.90 Å². The van der Waals surface area contributed by atoms with Gasteiger partial charge in [-0.3, -0.25) is 4.79 Å². The summed E-state index contributed by atoms with van der Waals surface area (Å²) in [6, 6.07) is 0. The zero-order valence-corrected chi connectivity index (χ0v) is 9.27. The molecule has 8 heteroatoms. The molecular weight excluding hydrogens is 249 g/mol. The summed E-state index contributed by atoms with van der Waals surface area (Å²) in [4.78, 5) is 11.6. The average molecular weight is 261 g/mol. The molecule has 17 heavy (non-hydrogen) atoms. The quantitative estimate of drug-likeness (QED) is 0.674. The van der Waals surface area contributed by atoms with Crippen LogP contribution in [0, 0.1) is 0 Å². The van der Waals surface area contributed by atoms with Crippen molar-refractivity contribution in [2.75, 3.05) is 19.7 Å². The molecule has 0 aromatic heterocycles. The number of halogens is 5. The van der Waals surface area contributed by atoms with Crippen LogP contribution < -0.4 is 0 Å². The third-order valence-corrected chi connectivity index (χ3v) is 2.34. The number of amides is 1. The number of ether oxygens (including phenoxy) is 1. The normalized spacial score (nSPS) is 21.5. The third kappa shape index (κ3) is 2.85. The lowest BCUT2D eigenvalue weighted by molar-refractivity contribution is -0.276. The first-order valence-corrected chi connectivity index (χ1v) is 4.85. The molecule has 0 saturated carbocycles. The summed E-state index contributed by atoms with van der Waals surface area (Å²) < 4.78 is 66.7. The first-order chi connectivity index (χ1) is 7.47. The topological polar surface area (TPSA) is 29.5 Å². The van der Waals surface area contributed by atoms with Crippen LogP contribution in [-0.4, -0.2) is 48.2 Å². The number of carbonyl (C=O) groups excluding carboxylic acids is 1. The number of hydrogen-bond donors (Lipinski definition) is 0. The molecule has 1 aliphatic rings. The third-order valence-electron chi connectivity index (χ3n) is 2.34. The highest BCUT2D eigenvalue weighted by molar-refractivity contribution is 5.84. The maximum absolute atomic E-state index is 12.8. The molecule has 0 spiro atoms. The Balaban J connectivity index is 2.84. The number of morpholine rings is 1. The van der Waals surface area contributed by atoms with Gasteiger partial charge in [-0.05, 0) is 13.8 Å². The molecule has 1 aliphatic heterocycles. The van der Waals surface area contributed by atoms with E-state index in [2.05, 4.69) is 0 Å². The molecular formula is C9H12F5NO2. The molecule has 1 saturated heterocycles. The summed E-state index contributed by atoms with van der Waals surface area (Å²) >= 11 is 0. The van der Waals surface area contributed by atoms with E-state index in [9.17, 15) is 26.7 Å².